The third-order valence-corrected chi connectivity index (χ3v) is 4.44. The van der Waals surface area contributed by atoms with Crippen molar-refractivity contribution in [2.24, 2.45) is 0 Å². The minimum absolute atomic E-state index is 0.0201. The Bertz CT molecular complexity index is 1350. The summed E-state index contributed by atoms with van der Waals surface area (Å²) in [6.07, 6.45) is 3.30. The van der Waals surface area contributed by atoms with Gasteiger partial charge in [-0.25, -0.2) is 0 Å². The molecule has 0 radical (unpaired) electrons. The van der Waals surface area contributed by atoms with Crippen molar-refractivity contribution in [1.82, 2.24) is 0 Å². The zero-order chi connectivity index (χ0) is 17.2. The molecule has 114 valence electrons. The molecule has 1 aliphatic rings. The van der Waals surface area contributed by atoms with Gasteiger partial charge in [-0.3, -0.25) is 32.5 Å². The van der Waals surface area contributed by atoms with Gasteiger partial charge in [-0.1, -0.05) is 30.3 Å². The Kier molecular flexibility index (Phi) is 2.63. The molecule has 24 heavy (non-hydrogen) atoms. The molecule has 3 aromatic rings. The lowest BCUT2D eigenvalue weighted by molar-refractivity contribution is 1.03. The molecule has 0 fully saturated rings. The first-order valence-electron chi connectivity index (χ1n) is 7.24. The normalized spacial score (nSPS) is 13.7. The molecule has 4 rings (SSSR count). The number of rotatable bonds is 0. The summed E-state index contributed by atoms with van der Waals surface area (Å²) in [6.45, 7) is 0. The molecule has 0 aliphatic heterocycles. The van der Waals surface area contributed by atoms with Gasteiger partial charge in [0.05, 0.1) is 22.1 Å². The van der Waals surface area contributed by atoms with Gasteiger partial charge in [0, 0.05) is 16.3 Å². The summed E-state index contributed by atoms with van der Waals surface area (Å²) >= 11 is 0. The summed E-state index contributed by atoms with van der Waals surface area (Å²) in [5.74, 6) is 0. The molecule has 0 unspecified atom stereocenters. The summed E-state index contributed by atoms with van der Waals surface area (Å²) in [5, 5.41) is 50.2. The van der Waals surface area contributed by atoms with Crippen LogP contribution < -0.4 is 21.4 Å². The number of hydrogen-bond donors (Lipinski definition) is 6. The first-order valence-corrected chi connectivity index (χ1v) is 7.24. The highest BCUT2D eigenvalue weighted by Gasteiger charge is 2.23. The molecule has 3 aromatic carbocycles. The van der Waals surface area contributed by atoms with Gasteiger partial charge in [0.15, 0.2) is 0 Å². The minimum atomic E-state index is -0.320. The molecule has 0 spiro atoms. The second kappa shape index (κ2) is 4.48. The SMILES string of the molecule is N=C1C=Cc2c(c3c(=N)c(=N)c(=N)c(=N)c3c3ccccc23)C1=N. The maximum atomic E-state index is 8.31. The van der Waals surface area contributed by atoms with Gasteiger partial charge in [0.25, 0.3) is 0 Å². The molecule has 6 heteroatoms. The number of benzene rings is 3. The number of nitrogens with one attached hydrogen (secondary N) is 6. The van der Waals surface area contributed by atoms with Crippen molar-refractivity contribution in [2.75, 3.05) is 0 Å². The molecule has 0 saturated carbocycles. The fourth-order valence-electron chi connectivity index (χ4n) is 3.29. The topological polar surface area (TPSA) is 143 Å². The molecule has 1 aliphatic carbocycles. The fraction of sp³-hybridized carbons (Fsp3) is 0. The van der Waals surface area contributed by atoms with Crippen LogP contribution in [-0.4, -0.2) is 11.4 Å². The molecule has 0 aromatic heterocycles. The van der Waals surface area contributed by atoms with Crippen LogP contribution in [-0.2, 0) is 0 Å². The summed E-state index contributed by atoms with van der Waals surface area (Å²) < 4.78 is 0. The van der Waals surface area contributed by atoms with Crippen LogP contribution in [0.2, 0.25) is 0 Å². The lowest BCUT2D eigenvalue weighted by Crippen LogP contribution is -2.47. The predicted octanol–water partition coefficient (Wildman–Crippen LogP) is 1.20. The molecule has 0 saturated heterocycles. The fourth-order valence-corrected chi connectivity index (χ4v) is 3.29. The molecule has 6 N–H and O–H groups in total. The molecule has 0 atom stereocenters. The Balaban J connectivity index is 2.55. The standard InChI is InChI=1S/C18H12N6/c19-10-6-5-9-7-3-1-2-4-8(7)12-13(11(9)14(10)20)16(22)18(24)17(23)15(12)21/h1-6,19-24H. The monoisotopic (exact) mass is 312 g/mol. The predicted molar refractivity (Wildman–Crippen MR) is 90.8 cm³/mol. The maximum absolute atomic E-state index is 8.31. The van der Waals surface area contributed by atoms with Gasteiger partial charge < -0.3 is 0 Å². The van der Waals surface area contributed by atoms with Crippen molar-refractivity contribution in [3.8, 4) is 0 Å². The van der Waals surface area contributed by atoms with Gasteiger partial charge >= 0.3 is 0 Å². The zero-order valence-electron chi connectivity index (χ0n) is 12.5. The molecular formula is C18H12N6. The quantitative estimate of drug-likeness (QED) is 0.332. The largest absolute Gasteiger partial charge is 0.299 e. The number of allylic oxidation sites excluding steroid dienone is 1. The van der Waals surface area contributed by atoms with Gasteiger partial charge in [0.1, 0.15) is 10.7 Å². The zero-order valence-corrected chi connectivity index (χ0v) is 12.5. The van der Waals surface area contributed by atoms with Crippen LogP contribution in [0.25, 0.3) is 27.6 Å². The Hall–Kier alpha value is -3.54. The highest BCUT2D eigenvalue weighted by molar-refractivity contribution is 6.54. The van der Waals surface area contributed by atoms with E-state index in [9.17, 15) is 0 Å². The first-order chi connectivity index (χ1) is 11.4. The molecule has 6 nitrogen and oxygen atoms in total. The third kappa shape index (κ3) is 1.54. The van der Waals surface area contributed by atoms with Crippen LogP contribution in [0, 0.1) is 32.5 Å². The van der Waals surface area contributed by atoms with Gasteiger partial charge in [0.2, 0.25) is 0 Å². The van der Waals surface area contributed by atoms with Crippen LogP contribution in [0.3, 0.4) is 0 Å². The Morgan fingerprint density at radius 3 is 1.83 bits per heavy atom. The average molecular weight is 312 g/mol. The van der Waals surface area contributed by atoms with E-state index in [1.54, 1.807) is 12.2 Å². The van der Waals surface area contributed by atoms with Crippen molar-refractivity contribution in [3.63, 3.8) is 0 Å². The van der Waals surface area contributed by atoms with Crippen LogP contribution in [0.15, 0.2) is 30.3 Å². The highest BCUT2D eigenvalue weighted by atomic mass is 14.6. The lowest BCUT2D eigenvalue weighted by atomic mass is 9.84. The summed E-state index contributed by atoms with van der Waals surface area (Å²) in [4.78, 5) is 0. The van der Waals surface area contributed by atoms with E-state index in [0.29, 0.717) is 16.3 Å². The van der Waals surface area contributed by atoms with E-state index in [-0.39, 0.29) is 32.9 Å². The van der Waals surface area contributed by atoms with E-state index in [2.05, 4.69) is 0 Å². The Labute approximate surface area is 135 Å². The smallest absolute Gasteiger partial charge is 0.107 e. The molecule has 0 heterocycles. The van der Waals surface area contributed by atoms with Crippen molar-refractivity contribution in [3.05, 3.63) is 62.9 Å². The summed E-state index contributed by atoms with van der Waals surface area (Å²) in [7, 11) is 0. The van der Waals surface area contributed by atoms with Crippen molar-refractivity contribution >= 4 is 39.0 Å². The van der Waals surface area contributed by atoms with Gasteiger partial charge in [-0.2, -0.15) is 0 Å². The van der Waals surface area contributed by atoms with Crippen LogP contribution in [0.1, 0.15) is 11.1 Å². The van der Waals surface area contributed by atoms with Crippen LogP contribution >= 0.6 is 0 Å². The maximum Gasteiger partial charge on any atom is 0.107 e. The van der Waals surface area contributed by atoms with E-state index < -0.39 is 0 Å². The minimum Gasteiger partial charge on any atom is -0.299 e. The molecule has 0 bridgehead atoms. The lowest BCUT2D eigenvalue weighted by Gasteiger charge is -2.19. The van der Waals surface area contributed by atoms with Crippen LogP contribution in [0.5, 0.6) is 0 Å². The Morgan fingerprint density at radius 1 is 0.583 bits per heavy atom. The van der Waals surface area contributed by atoms with Gasteiger partial charge in [-0.05, 0) is 22.4 Å². The number of fused-ring (bicyclic) bond motifs is 6. The highest BCUT2D eigenvalue weighted by Crippen LogP contribution is 2.32. The molecule has 0 amide bonds. The van der Waals surface area contributed by atoms with E-state index in [4.69, 9.17) is 32.5 Å². The summed E-state index contributed by atoms with van der Waals surface area (Å²) in [5.41, 5.74) is 1.15. The second-order valence-electron chi connectivity index (χ2n) is 5.71. The van der Waals surface area contributed by atoms with E-state index in [0.717, 1.165) is 16.3 Å². The van der Waals surface area contributed by atoms with Crippen molar-refractivity contribution in [2.45, 2.75) is 0 Å². The van der Waals surface area contributed by atoms with Gasteiger partial charge in [-0.15, -0.1) is 0 Å². The van der Waals surface area contributed by atoms with E-state index in [1.807, 2.05) is 24.3 Å². The first kappa shape index (κ1) is 14.1. The summed E-state index contributed by atoms with van der Waals surface area (Å²) in [6, 6.07) is 7.39. The average Bonchev–Trinajstić information content (AvgIpc) is 2.59. The second-order valence-corrected chi connectivity index (χ2v) is 5.71. The van der Waals surface area contributed by atoms with Crippen LogP contribution in [0.4, 0.5) is 0 Å². The van der Waals surface area contributed by atoms with Crippen molar-refractivity contribution in [1.29, 1.82) is 32.5 Å². The van der Waals surface area contributed by atoms with Crippen molar-refractivity contribution < 1.29 is 0 Å². The third-order valence-electron chi connectivity index (χ3n) is 4.44. The van der Waals surface area contributed by atoms with E-state index >= 15 is 0 Å². The Morgan fingerprint density at radius 2 is 1.17 bits per heavy atom. The number of hydrogen-bond acceptors (Lipinski definition) is 6. The van der Waals surface area contributed by atoms with E-state index in [1.165, 1.54) is 0 Å². The molecular weight excluding hydrogens is 300 g/mol.